The highest BCUT2D eigenvalue weighted by molar-refractivity contribution is 5.93. The lowest BCUT2D eigenvalue weighted by Crippen LogP contribution is -2.10. The second-order valence-corrected chi connectivity index (χ2v) is 2.95. The molecule has 0 unspecified atom stereocenters. The summed E-state index contributed by atoms with van der Waals surface area (Å²) in [7, 11) is 0. The lowest BCUT2D eigenvalue weighted by atomic mass is 10.3. The third-order valence-corrected chi connectivity index (χ3v) is 1.91. The summed E-state index contributed by atoms with van der Waals surface area (Å²) in [4.78, 5) is 7.35. The van der Waals surface area contributed by atoms with Gasteiger partial charge in [0.15, 0.2) is 0 Å². The minimum Gasteiger partial charge on any atom is -0.346 e. The van der Waals surface area contributed by atoms with Crippen molar-refractivity contribution in [1.29, 1.82) is 0 Å². The number of aromatic amines is 1. The Morgan fingerprint density at radius 3 is 3.14 bits per heavy atom. The molecule has 5 heteroatoms. The monoisotopic (exact) mass is 189 g/mol. The lowest BCUT2D eigenvalue weighted by molar-refractivity contribution is 1.22. The Morgan fingerprint density at radius 2 is 2.36 bits per heavy atom. The molecular formula is C9H11N5. The van der Waals surface area contributed by atoms with Crippen molar-refractivity contribution in [3.05, 3.63) is 24.4 Å². The summed E-state index contributed by atoms with van der Waals surface area (Å²) in [6, 6.07) is 5.83. The minimum absolute atomic E-state index is 0.628. The number of rotatable bonds is 1. The van der Waals surface area contributed by atoms with Crippen LogP contribution in [0.25, 0.3) is 11.0 Å². The van der Waals surface area contributed by atoms with Crippen molar-refractivity contribution in [1.82, 2.24) is 9.97 Å². The van der Waals surface area contributed by atoms with Crippen LogP contribution in [0.2, 0.25) is 0 Å². The summed E-state index contributed by atoms with van der Waals surface area (Å²) in [5.41, 5.74) is 0.847. The number of nitrogens with two attached hydrogens (primary N) is 1. The van der Waals surface area contributed by atoms with Gasteiger partial charge in [0.2, 0.25) is 0 Å². The number of hydrazone groups is 1. The SMILES string of the molecule is C/C(=N/N)Nc1ccc2cc[nH]c2n1. The van der Waals surface area contributed by atoms with Crippen molar-refractivity contribution in [3.8, 4) is 0 Å². The van der Waals surface area contributed by atoms with Crippen molar-refractivity contribution < 1.29 is 0 Å². The van der Waals surface area contributed by atoms with Gasteiger partial charge in [-0.3, -0.25) is 0 Å². The smallest absolute Gasteiger partial charge is 0.139 e. The summed E-state index contributed by atoms with van der Waals surface area (Å²) >= 11 is 0. The van der Waals surface area contributed by atoms with E-state index >= 15 is 0 Å². The fraction of sp³-hybridized carbons (Fsp3) is 0.111. The van der Waals surface area contributed by atoms with Gasteiger partial charge in [0.05, 0.1) is 0 Å². The highest BCUT2D eigenvalue weighted by Gasteiger charge is 1.98. The molecule has 2 rings (SSSR count). The Hall–Kier alpha value is -2.04. The average molecular weight is 189 g/mol. The maximum atomic E-state index is 5.10. The van der Waals surface area contributed by atoms with Crippen molar-refractivity contribution in [2.75, 3.05) is 5.32 Å². The predicted molar refractivity (Wildman–Crippen MR) is 57.0 cm³/mol. The average Bonchev–Trinajstić information content (AvgIpc) is 2.64. The number of H-pyrrole nitrogens is 1. The summed E-state index contributed by atoms with van der Waals surface area (Å²) in [6.07, 6.45) is 1.85. The van der Waals surface area contributed by atoms with E-state index in [-0.39, 0.29) is 0 Å². The third kappa shape index (κ3) is 1.52. The molecular weight excluding hydrogens is 178 g/mol. The molecule has 0 spiro atoms. The summed E-state index contributed by atoms with van der Waals surface area (Å²) in [5, 5.41) is 7.56. The zero-order chi connectivity index (χ0) is 9.97. The number of hydrogen-bond acceptors (Lipinski definition) is 3. The van der Waals surface area contributed by atoms with E-state index in [2.05, 4.69) is 20.4 Å². The first-order chi connectivity index (χ1) is 6.79. The molecule has 0 fully saturated rings. The number of amidine groups is 1. The number of hydrogen-bond donors (Lipinski definition) is 3. The standard InChI is InChI=1S/C9H11N5/c1-6(14-10)12-8-3-2-7-4-5-11-9(7)13-8/h2-5H,10H2,1H3,(H2,11,12,13,14). The van der Waals surface area contributed by atoms with Crippen LogP contribution in [0, 0.1) is 0 Å². The quantitative estimate of drug-likeness (QED) is 0.273. The lowest BCUT2D eigenvalue weighted by Gasteiger charge is -2.02. The molecule has 0 saturated carbocycles. The molecule has 0 aliphatic carbocycles. The Labute approximate surface area is 81.0 Å². The van der Waals surface area contributed by atoms with Crippen LogP contribution >= 0.6 is 0 Å². The van der Waals surface area contributed by atoms with E-state index in [9.17, 15) is 0 Å². The molecule has 0 radical (unpaired) electrons. The fourth-order valence-corrected chi connectivity index (χ4v) is 1.22. The Kier molecular flexibility index (Phi) is 2.06. The van der Waals surface area contributed by atoms with Gasteiger partial charge in [0.1, 0.15) is 17.3 Å². The molecule has 0 atom stereocenters. The van der Waals surface area contributed by atoms with Gasteiger partial charge in [-0.15, -0.1) is 0 Å². The molecule has 0 aliphatic rings. The van der Waals surface area contributed by atoms with Crippen LogP contribution in [0.15, 0.2) is 29.5 Å². The maximum absolute atomic E-state index is 5.10. The summed E-state index contributed by atoms with van der Waals surface area (Å²) < 4.78 is 0. The highest BCUT2D eigenvalue weighted by atomic mass is 15.2. The zero-order valence-corrected chi connectivity index (χ0v) is 7.78. The van der Waals surface area contributed by atoms with Crippen LogP contribution in [0.4, 0.5) is 5.82 Å². The molecule has 72 valence electrons. The van der Waals surface area contributed by atoms with Crippen molar-refractivity contribution in [2.24, 2.45) is 10.9 Å². The molecule has 2 aromatic heterocycles. The summed E-state index contributed by atoms with van der Waals surface area (Å²) in [6.45, 7) is 1.78. The molecule has 4 N–H and O–H groups in total. The first-order valence-electron chi connectivity index (χ1n) is 4.25. The van der Waals surface area contributed by atoms with Crippen molar-refractivity contribution >= 4 is 22.7 Å². The van der Waals surface area contributed by atoms with Gasteiger partial charge in [-0.05, 0) is 25.1 Å². The van der Waals surface area contributed by atoms with Crippen LogP contribution < -0.4 is 11.2 Å². The van der Waals surface area contributed by atoms with Gasteiger partial charge in [-0.2, -0.15) is 5.10 Å². The molecule has 0 aromatic carbocycles. The van der Waals surface area contributed by atoms with Gasteiger partial charge in [0.25, 0.3) is 0 Å². The van der Waals surface area contributed by atoms with E-state index in [0.717, 1.165) is 16.9 Å². The normalized spacial score (nSPS) is 11.9. The van der Waals surface area contributed by atoms with Gasteiger partial charge in [-0.25, -0.2) is 4.98 Å². The number of anilines is 1. The van der Waals surface area contributed by atoms with Gasteiger partial charge < -0.3 is 16.1 Å². The molecule has 5 nitrogen and oxygen atoms in total. The second-order valence-electron chi connectivity index (χ2n) is 2.95. The van der Waals surface area contributed by atoms with Crippen LogP contribution in [-0.4, -0.2) is 15.8 Å². The van der Waals surface area contributed by atoms with E-state index in [1.54, 1.807) is 6.92 Å². The fourth-order valence-electron chi connectivity index (χ4n) is 1.22. The Morgan fingerprint density at radius 1 is 1.50 bits per heavy atom. The second kappa shape index (κ2) is 3.37. The van der Waals surface area contributed by atoms with Gasteiger partial charge in [0, 0.05) is 11.6 Å². The molecule has 2 aromatic rings. The molecule has 0 saturated heterocycles. The minimum atomic E-state index is 0.628. The van der Waals surface area contributed by atoms with Crippen molar-refractivity contribution in [3.63, 3.8) is 0 Å². The molecule has 2 heterocycles. The summed E-state index contributed by atoms with van der Waals surface area (Å²) in [5.74, 6) is 6.46. The number of aromatic nitrogens is 2. The van der Waals surface area contributed by atoms with Crippen LogP contribution in [0.5, 0.6) is 0 Å². The topological polar surface area (TPSA) is 79.1 Å². The van der Waals surface area contributed by atoms with Crippen LogP contribution in [-0.2, 0) is 0 Å². The Bertz CT molecular complexity index is 471. The highest BCUT2D eigenvalue weighted by Crippen LogP contribution is 2.12. The number of nitrogens with zero attached hydrogens (tertiary/aromatic N) is 2. The van der Waals surface area contributed by atoms with Crippen molar-refractivity contribution in [2.45, 2.75) is 6.92 Å². The first-order valence-corrected chi connectivity index (χ1v) is 4.25. The van der Waals surface area contributed by atoms with Crippen LogP contribution in [0.3, 0.4) is 0 Å². The van der Waals surface area contributed by atoms with E-state index in [4.69, 9.17) is 5.84 Å². The van der Waals surface area contributed by atoms with E-state index in [1.165, 1.54) is 0 Å². The number of nitrogens with one attached hydrogen (secondary N) is 2. The third-order valence-electron chi connectivity index (χ3n) is 1.91. The number of fused-ring (bicyclic) bond motifs is 1. The van der Waals surface area contributed by atoms with Crippen LogP contribution in [0.1, 0.15) is 6.92 Å². The van der Waals surface area contributed by atoms with Gasteiger partial charge >= 0.3 is 0 Å². The molecule has 0 aliphatic heterocycles. The predicted octanol–water partition coefficient (Wildman–Crippen LogP) is 1.27. The number of pyridine rings is 1. The molecule has 14 heavy (non-hydrogen) atoms. The molecule has 0 amide bonds. The largest absolute Gasteiger partial charge is 0.346 e. The first kappa shape index (κ1) is 8.55. The molecule has 0 bridgehead atoms. The Balaban J connectivity index is 2.34. The zero-order valence-electron chi connectivity index (χ0n) is 7.78. The van der Waals surface area contributed by atoms with Gasteiger partial charge in [-0.1, -0.05) is 0 Å². The van der Waals surface area contributed by atoms with E-state index in [0.29, 0.717) is 5.84 Å². The van der Waals surface area contributed by atoms with E-state index in [1.807, 2.05) is 24.4 Å². The maximum Gasteiger partial charge on any atom is 0.139 e. The van der Waals surface area contributed by atoms with E-state index < -0.39 is 0 Å².